The first kappa shape index (κ1) is 20.9. The lowest BCUT2D eigenvalue weighted by molar-refractivity contribution is -0.142. The molecule has 168 valence electrons. The normalized spacial score (nSPS) is 14.4. The summed E-state index contributed by atoms with van der Waals surface area (Å²) >= 11 is 0. The van der Waals surface area contributed by atoms with Gasteiger partial charge in [0.05, 0.1) is 13.7 Å². The minimum absolute atomic E-state index is 0.187. The number of ether oxygens (including phenoxy) is 1. The summed E-state index contributed by atoms with van der Waals surface area (Å²) in [5.41, 5.74) is 3.77. The predicted octanol–water partition coefficient (Wildman–Crippen LogP) is 2.83. The molecule has 33 heavy (non-hydrogen) atoms. The van der Waals surface area contributed by atoms with Crippen molar-refractivity contribution < 1.29 is 9.53 Å². The molecule has 5 rings (SSSR count). The van der Waals surface area contributed by atoms with Crippen LogP contribution >= 0.6 is 0 Å². The van der Waals surface area contributed by atoms with E-state index in [1.807, 2.05) is 54.6 Å². The number of hydrogen-bond acceptors (Lipinski definition) is 8. The van der Waals surface area contributed by atoms with Gasteiger partial charge in [0.1, 0.15) is 0 Å². The van der Waals surface area contributed by atoms with Gasteiger partial charge in [-0.05, 0) is 36.4 Å². The highest BCUT2D eigenvalue weighted by molar-refractivity contribution is 5.71. The second-order valence-electron chi connectivity index (χ2n) is 7.89. The van der Waals surface area contributed by atoms with E-state index < -0.39 is 0 Å². The second-order valence-corrected chi connectivity index (χ2v) is 7.89. The number of benzene rings is 2. The Balaban J connectivity index is 1.26. The van der Waals surface area contributed by atoms with E-state index in [1.165, 1.54) is 7.11 Å². The summed E-state index contributed by atoms with van der Waals surface area (Å²) in [6.07, 6.45) is 0. The topological polar surface area (TPSA) is 87.9 Å². The van der Waals surface area contributed by atoms with E-state index in [1.54, 1.807) is 4.52 Å². The molecule has 9 heteroatoms. The summed E-state index contributed by atoms with van der Waals surface area (Å²) < 4.78 is 6.51. The standard InChI is InChI=1S/C24H25N7O2/c1-33-23(32)17-29-13-15-30(16-14-29)20-9-7-19(8-10-20)25-21-11-12-22-26-27-24(31(22)28-21)18-5-3-2-4-6-18/h2-12H,13-17H2,1H3,(H,25,28). The van der Waals surface area contributed by atoms with Gasteiger partial charge in [0.2, 0.25) is 0 Å². The Hall–Kier alpha value is -3.98. The summed E-state index contributed by atoms with van der Waals surface area (Å²) in [6.45, 7) is 3.77. The first-order valence-electron chi connectivity index (χ1n) is 10.9. The minimum atomic E-state index is -0.187. The molecule has 0 radical (unpaired) electrons. The Bertz CT molecular complexity index is 1230. The quantitative estimate of drug-likeness (QED) is 0.455. The van der Waals surface area contributed by atoms with Crippen LogP contribution in [0.4, 0.5) is 17.2 Å². The first-order valence-corrected chi connectivity index (χ1v) is 10.9. The van der Waals surface area contributed by atoms with Gasteiger partial charge >= 0.3 is 5.97 Å². The number of nitrogens with zero attached hydrogens (tertiary/aromatic N) is 6. The molecule has 0 aliphatic carbocycles. The van der Waals surface area contributed by atoms with Gasteiger partial charge in [-0.15, -0.1) is 15.3 Å². The van der Waals surface area contributed by atoms with Crippen molar-refractivity contribution in [3.63, 3.8) is 0 Å². The molecule has 0 spiro atoms. The van der Waals surface area contributed by atoms with Crippen molar-refractivity contribution in [1.29, 1.82) is 0 Å². The highest BCUT2D eigenvalue weighted by atomic mass is 16.5. The van der Waals surface area contributed by atoms with Crippen molar-refractivity contribution >= 4 is 28.8 Å². The van der Waals surface area contributed by atoms with E-state index >= 15 is 0 Å². The van der Waals surface area contributed by atoms with E-state index in [-0.39, 0.29) is 5.97 Å². The van der Waals surface area contributed by atoms with E-state index in [9.17, 15) is 4.79 Å². The van der Waals surface area contributed by atoms with Crippen molar-refractivity contribution in [1.82, 2.24) is 24.7 Å². The fourth-order valence-corrected chi connectivity index (χ4v) is 3.94. The molecule has 1 N–H and O–H groups in total. The number of esters is 1. The highest BCUT2D eigenvalue weighted by Crippen LogP contribution is 2.23. The minimum Gasteiger partial charge on any atom is -0.468 e. The van der Waals surface area contributed by atoms with Crippen molar-refractivity contribution in [2.75, 3.05) is 50.1 Å². The SMILES string of the molecule is COC(=O)CN1CCN(c2ccc(Nc3ccc4nnc(-c5ccccc5)n4n3)cc2)CC1. The Morgan fingerprint density at radius 1 is 0.939 bits per heavy atom. The monoisotopic (exact) mass is 443 g/mol. The lowest BCUT2D eigenvalue weighted by Crippen LogP contribution is -2.48. The number of methoxy groups -OCH3 is 1. The van der Waals surface area contributed by atoms with E-state index in [4.69, 9.17) is 4.74 Å². The fourth-order valence-electron chi connectivity index (χ4n) is 3.94. The number of carbonyl (C=O) groups excluding carboxylic acids is 1. The molecule has 0 atom stereocenters. The molecule has 1 saturated heterocycles. The van der Waals surface area contributed by atoms with Gasteiger partial charge < -0.3 is 15.0 Å². The summed E-state index contributed by atoms with van der Waals surface area (Å²) in [5, 5.41) is 16.6. The molecule has 0 unspecified atom stereocenters. The number of aromatic nitrogens is 4. The molecule has 4 aromatic rings. The Morgan fingerprint density at radius 3 is 2.42 bits per heavy atom. The zero-order chi connectivity index (χ0) is 22.6. The van der Waals surface area contributed by atoms with E-state index in [0.717, 1.165) is 43.1 Å². The van der Waals surface area contributed by atoms with Crippen LogP contribution in [0, 0.1) is 0 Å². The van der Waals surface area contributed by atoms with Gasteiger partial charge in [-0.25, -0.2) is 0 Å². The first-order chi connectivity index (χ1) is 16.2. The van der Waals surface area contributed by atoms with Crippen LogP contribution in [-0.2, 0) is 9.53 Å². The molecular weight excluding hydrogens is 418 g/mol. The van der Waals surface area contributed by atoms with Gasteiger partial charge in [0.15, 0.2) is 17.3 Å². The third kappa shape index (κ3) is 4.63. The van der Waals surface area contributed by atoms with E-state index in [2.05, 4.69) is 42.5 Å². The Kier molecular flexibility index (Phi) is 5.86. The molecule has 0 bridgehead atoms. The van der Waals surface area contributed by atoms with Gasteiger partial charge in [0.25, 0.3) is 0 Å². The van der Waals surface area contributed by atoms with Gasteiger partial charge in [-0.3, -0.25) is 9.69 Å². The number of carbonyl (C=O) groups is 1. The number of anilines is 3. The predicted molar refractivity (Wildman–Crippen MR) is 127 cm³/mol. The van der Waals surface area contributed by atoms with Crippen LogP contribution in [0.25, 0.3) is 17.0 Å². The molecule has 3 heterocycles. The van der Waals surface area contributed by atoms with Gasteiger partial charge in [-0.1, -0.05) is 30.3 Å². The molecule has 9 nitrogen and oxygen atoms in total. The molecule has 1 aliphatic rings. The summed E-state index contributed by atoms with van der Waals surface area (Å²) in [5.74, 6) is 1.23. The second kappa shape index (κ2) is 9.25. The highest BCUT2D eigenvalue weighted by Gasteiger charge is 2.19. The van der Waals surface area contributed by atoms with Crippen LogP contribution in [0.15, 0.2) is 66.7 Å². The maximum atomic E-state index is 11.5. The lowest BCUT2D eigenvalue weighted by Gasteiger charge is -2.35. The number of rotatable bonds is 6. The van der Waals surface area contributed by atoms with Crippen molar-refractivity contribution in [3.05, 3.63) is 66.7 Å². The zero-order valence-electron chi connectivity index (χ0n) is 18.4. The molecule has 0 amide bonds. The van der Waals surface area contributed by atoms with Crippen LogP contribution in [0.1, 0.15) is 0 Å². The van der Waals surface area contributed by atoms with Crippen molar-refractivity contribution in [3.8, 4) is 11.4 Å². The lowest BCUT2D eigenvalue weighted by atomic mass is 10.2. The molecule has 2 aromatic heterocycles. The number of nitrogens with one attached hydrogen (secondary N) is 1. The zero-order valence-corrected chi connectivity index (χ0v) is 18.4. The van der Waals surface area contributed by atoms with Crippen LogP contribution in [0.2, 0.25) is 0 Å². The average molecular weight is 444 g/mol. The van der Waals surface area contributed by atoms with Crippen LogP contribution in [-0.4, -0.2) is 70.5 Å². The van der Waals surface area contributed by atoms with Gasteiger partial charge in [-0.2, -0.15) is 4.52 Å². The van der Waals surface area contributed by atoms with E-state index in [0.29, 0.717) is 23.8 Å². The number of piperazine rings is 1. The summed E-state index contributed by atoms with van der Waals surface area (Å²) in [7, 11) is 1.43. The van der Waals surface area contributed by atoms with Crippen LogP contribution in [0.3, 0.4) is 0 Å². The number of hydrogen-bond donors (Lipinski definition) is 1. The van der Waals surface area contributed by atoms with Gasteiger partial charge in [0, 0.05) is 43.1 Å². The smallest absolute Gasteiger partial charge is 0.319 e. The molecule has 2 aromatic carbocycles. The molecular formula is C24H25N7O2. The molecule has 1 fully saturated rings. The Labute approximate surface area is 191 Å². The van der Waals surface area contributed by atoms with Crippen molar-refractivity contribution in [2.24, 2.45) is 0 Å². The average Bonchev–Trinajstić information content (AvgIpc) is 3.29. The largest absolute Gasteiger partial charge is 0.468 e. The third-order valence-corrected chi connectivity index (χ3v) is 5.75. The van der Waals surface area contributed by atoms with Crippen LogP contribution in [0.5, 0.6) is 0 Å². The number of fused-ring (bicyclic) bond motifs is 1. The summed E-state index contributed by atoms with van der Waals surface area (Å²) in [6, 6.07) is 22.0. The summed E-state index contributed by atoms with van der Waals surface area (Å²) in [4.78, 5) is 15.9. The van der Waals surface area contributed by atoms with Crippen molar-refractivity contribution in [2.45, 2.75) is 0 Å². The van der Waals surface area contributed by atoms with Crippen LogP contribution < -0.4 is 10.2 Å². The maximum absolute atomic E-state index is 11.5. The molecule has 1 aliphatic heterocycles. The Morgan fingerprint density at radius 2 is 1.70 bits per heavy atom. The fraction of sp³-hybridized carbons (Fsp3) is 0.250. The maximum Gasteiger partial charge on any atom is 0.319 e. The third-order valence-electron chi connectivity index (χ3n) is 5.75. The molecule has 0 saturated carbocycles.